The number of ether oxygens (including phenoxy) is 3. The number of hydrogen-bond donors (Lipinski definition) is 1. The molecule has 1 heterocycles. The number of rotatable bonds is 9. The molecule has 1 aliphatic rings. The molecule has 3 rings (SSSR count). The lowest BCUT2D eigenvalue weighted by atomic mass is 9.96. The van der Waals surface area contributed by atoms with Crippen molar-refractivity contribution in [2.24, 2.45) is 0 Å². The summed E-state index contributed by atoms with van der Waals surface area (Å²) in [6.07, 6.45) is 0.872. The molecule has 172 valence electrons. The van der Waals surface area contributed by atoms with Crippen molar-refractivity contribution in [3.05, 3.63) is 65.7 Å². The van der Waals surface area contributed by atoms with Crippen molar-refractivity contribution in [3.63, 3.8) is 0 Å². The minimum atomic E-state index is 0. The Morgan fingerprint density at radius 2 is 1.61 bits per heavy atom. The predicted molar refractivity (Wildman–Crippen MR) is 131 cm³/mol. The van der Waals surface area contributed by atoms with E-state index in [4.69, 9.17) is 14.2 Å². The fraction of sp³-hybridized carbons (Fsp3) is 0.417. The summed E-state index contributed by atoms with van der Waals surface area (Å²) < 4.78 is 17.5. The van der Waals surface area contributed by atoms with Crippen molar-refractivity contribution in [1.82, 2.24) is 10.2 Å². The first-order valence-corrected chi connectivity index (χ1v) is 10.1. The number of halogens is 2. The lowest BCUT2D eigenvalue weighted by Gasteiger charge is -2.36. The third kappa shape index (κ3) is 7.32. The van der Waals surface area contributed by atoms with E-state index in [1.165, 1.54) is 0 Å². The fourth-order valence-corrected chi connectivity index (χ4v) is 3.76. The Labute approximate surface area is 198 Å². The molecule has 0 unspecified atom stereocenters. The van der Waals surface area contributed by atoms with Gasteiger partial charge in [0, 0.05) is 43.9 Å². The predicted octanol–water partition coefficient (Wildman–Crippen LogP) is 5.04. The molecule has 7 heteroatoms. The van der Waals surface area contributed by atoms with Crippen LogP contribution in [0.15, 0.2) is 54.6 Å². The zero-order valence-electron chi connectivity index (χ0n) is 18.6. The Bertz CT molecular complexity index is 812. The van der Waals surface area contributed by atoms with Crippen LogP contribution < -0.4 is 19.5 Å². The highest BCUT2D eigenvalue weighted by atomic mass is 35.5. The van der Waals surface area contributed by atoms with E-state index in [1.54, 1.807) is 14.2 Å². The maximum absolute atomic E-state index is 6.31. The Balaban J connectivity index is 0.00000240. The van der Waals surface area contributed by atoms with E-state index in [0.717, 1.165) is 60.8 Å². The second-order valence-electron chi connectivity index (χ2n) is 7.48. The van der Waals surface area contributed by atoms with E-state index in [2.05, 4.69) is 41.9 Å². The molecule has 5 nitrogen and oxygen atoms in total. The molecule has 0 radical (unpaired) electrons. The van der Waals surface area contributed by atoms with Gasteiger partial charge in [-0.05, 0) is 25.0 Å². The van der Waals surface area contributed by atoms with Gasteiger partial charge in [-0.25, -0.2) is 0 Å². The lowest BCUT2D eigenvalue weighted by molar-refractivity contribution is 0.167. The zero-order chi connectivity index (χ0) is 20.6. The van der Waals surface area contributed by atoms with Crippen molar-refractivity contribution < 1.29 is 14.2 Å². The highest BCUT2D eigenvalue weighted by Gasteiger charge is 2.27. The van der Waals surface area contributed by atoms with Gasteiger partial charge >= 0.3 is 0 Å². The molecule has 1 fully saturated rings. The second kappa shape index (κ2) is 13.5. The summed E-state index contributed by atoms with van der Waals surface area (Å²) in [5.41, 5.74) is 3.40. The largest absolute Gasteiger partial charge is 0.493 e. The van der Waals surface area contributed by atoms with Gasteiger partial charge in [0.2, 0.25) is 0 Å². The van der Waals surface area contributed by atoms with Crippen molar-refractivity contribution in [1.29, 1.82) is 0 Å². The van der Waals surface area contributed by atoms with E-state index < -0.39 is 0 Å². The molecular formula is C24H34Cl2N2O3. The maximum atomic E-state index is 6.31. The highest BCUT2D eigenvalue weighted by Crippen LogP contribution is 2.41. The first kappa shape index (κ1) is 27.1. The van der Waals surface area contributed by atoms with Crippen LogP contribution in [0, 0.1) is 0 Å². The van der Waals surface area contributed by atoms with Gasteiger partial charge in [0.1, 0.15) is 12.4 Å². The molecule has 31 heavy (non-hydrogen) atoms. The van der Waals surface area contributed by atoms with Gasteiger partial charge in [-0.3, -0.25) is 4.90 Å². The van der Waals surface area contributed by atoms with Crippen molar-refractivity contribution in [3.8, 4) is 17.2 Å². The molecule has 0 aromatic heterocycles. The number of benzene rings is 2. The SMILES string of the molecule is C=C(C)C[C@@H](c1cc(OC)c(OC)cc1OCc1ccccc1)N1CCNCC1.Cl.Cl. The molecule has 0 spiro atoms. The average molecular weight is 469 g/mol. The van der Waals surface area contributed by atoms with Crippen molar-refractivity contribution in [2.45, 2.75) is 26.0 Å². The molecule has 1 atom stereocenters. The topological polar surface area (TPSA) is 43.0 Å². The molecule has 1 saturated heterocycles. The minimum Gasteiger partial charge on any atom is -0.493 e. The summed E-state index contributed by atoms with van der Waals surface area (Å²) >= 11 is 0. The van der Waals surface area contributed by atoms with Gasteiger partial charge in [0.05, 0.1) is 14.2 Å². The first-order chi connectivity index (χ1) is 14.1. The van der Waals surface area contributed by atoms with Crippen LogP contribution in [0.25, 0.3) is 0 Å². The van der Waals surface area contributed by atoms with Crippen molar-refractivity contribution in [2.75, 3.05) is 40.4 Å². The van der Waals surface area contributed by atoms with Crippen LogP contribution in [0.4, 0.5) is 0 Å². The number of nitrogens with one attached hydrogen (secondary N) is 1. The Hall–Kier alpha value is -1.92. The fourth-order valence-electron chi connectivity index (χ4n) is 3.76. The zero-order valence-corrected chi connectivity index (χ0v) is 20.2. The van der Waals surface area contributed by atoms with Crippen LogP contribution >= 0.6 is 24.8 Å². The second-order valence-corrected chi connectivity index (χ2v) is 7.48. The molecule has 0 saturated carbocycles. The van der Waals surface area contributed by atoms with E-state index in [0.29, 0.717) is 12.4 Å². The van der Waals surface area contributed by atoms with Crippen LogP contribution in [0.2, 0.25) is 0 Å². The van der Waals surface area contributed by atoms with Gasteiger partial charge in [0.15, 0.2) is 11.5 Å². The van der Waals surface area contributed by atoms with E-state index in [1.807, 2.05) is 24.3 Å². The van der Waals surface area contributed by atoms with E-state index >= 15 is 0 Å². The number of methoxy groups -OCH3 is 2. The molecule has 0 bridgehead atoms. The first-order valence-electron chi connectivity index (χ1n) is 10.1. The molecule has 2 aromatic rings. The third-order valence-electron chi connectivity index (χ3n) is 5.25. The normalized spacial score (nSPS) is 14.5. The molecule has 1 aliphatic heterocycles. The van der Waals surface area contributed by atoms with Crippen LogP contribution in [-0.2, 0) is 6.61 Å². The van der Waals surface area contributed by atoms with E-state index in [-0.39, 0.29) is 30.9 Å². The third-order valence-corrected chi connectivity index (χ3v) is 5.25. The number of piperazine rings is 1. The molecular weight excluding hydrogens is 435 g/mol. The van der Waals surface area contributed by atoms with E-state index in [9.17, 15) is 0 Å². The monoisotopic (exact) mass is 468 g/mol. The standard InChI is InChI=1S/C24H32N2O3.2ClH/c1-18(2)14-21(26-12-10-25-11-13-26)20-15-23(27-3)24(28-4)16-22(20)29-17-19-8-6-5-7-9-19;;/h5-9,15-16,21,25H,1,10-14,17H2,2-4H3;2*1H/t21-;;/m0../s1. The number of hydrogen-bond acceptors (Lipinski definition) is 5. The van der Waals surface area contributed by atoms with Gasteiger partial charge in [-0.1, -0.05) is 35.9 Å². The minimum absolute atomic E-state index is 0. The molecule has 2 aromatic carbocycles. The van der Waals surface area contributed by atoms with Crippen LogP contribution in [0.5, 0.6) is 17.2 Å². The summed E-state index contributed by atoms with van der Waals surface area (Å²) in [5.74, 6) is 2.22. The summed E-state index contributed by atoms with van der Waals surface area (Å²) in [4.78, 5) is 2.50. The molecule has 1 N–H and O–H groups in total. The van der Waals surface area contributed by atoms with Gasteiger partial charge in [-0.2, -0.15) is 0 Å². The highest BCUT2D eigenvalue weighted by molar-refractivity contribution is 5.85. The Morgan fingerprint density at radius 1 is 1.00 bits per heavy atom. The summed E-state index contributed by atoms with van der Waals surface area (Å²) in [6.45, 7) is 10.7. The van der Waals surface area contributed by atoms with Crippen molar-refractivity contribution >= 4 is 24.8 Å². The number of nitrogens with zero attached hydrogens (tertiary/aromatic N) is 1. The smallest absolute Gasteiger partial charge is 0.164 e. The van der Waals surface area contributed by atoms with Gasteiger partial charge < -0.3 is 19.5 Å². The maximum Gasteiger partial charge on any atom is 0.164 e. The van der Waals surface area contributed by atoms with Crippen LogP contribution in [0.3, 0.4) is 0 Å². The molecule has 0 amide bonds. The Kier molecular flexibility index (Phi) is 11.8. The quantitative estimate of drug-likeness (QED) is 0.522. The summed E-state index contributed by atoms with van der Waals surface area (Å²) in [5, 5.41) is 3.44. The van der Waals surface area contributed by atoms with Crippen LogP contribution in [-0.4, -0.2) is 45.3 Å². The average Bonchev–Trinajstić information content (AvgIpc) is 2.76. The molecule has 0 aliphatic carbocycles. The van der Waals surface area contributed by atoms with Gasteiger partial charge in [-0.15, -0.1) is 31.4 Å². The summed E-state index contributed by atoms with van der Waals surface area (Å²) in [6, 6.07) is 14.4. The van der Waals surface area contributed by atoms with Gasteiger partial charge in [0.25, 0.3) is 0 Å². The summed E-state index contributed by atoms with van der Waals surface area (Å²) in [7, 11) is 3.32. The Morgan fingerprint density at radius 3 is 2.19 bits per heavy atom. The lowest BCUT2D eigenvalue weighted by Crippen LogP contribution is -2.45. The van der Waals surface area contributed by atoms with Crippen LogP contribution in [0.1, 0.15) is 30.5 Å².